The van der Waals surface area contributed by atoms with E-state index in [-0.39, 0.29) is 5.75 Å². The van der Waals surface area contributed by atoms with Crippen molar-refractivity contribution >= 4 is 23.6 Å². The molecule has 7 nitrogen and oxygen atoms in total. The topological polar surface area (TPSA) is 82.5 Å². The molecule has 3 rings (SSSR count). The van der Waals surface area contributed by atoms with E-state index in [4.69, 9.17) is 4.74 Å². The van der Waals surface area contributed by atoms with Gasteiger partial charge in [0.25, 0.3) is 5.91 Å². The van der Waals surface area contributed by atoms with E-state index >= 15 is 0 Å². The summed E-state index contributed by atoms with van der Waals surface area (Å²) in [6.07, 6.45) is -2.37. The van der Waals surface area contributed by atoms with Crippen LogP contribution in [0.4, 0.5) is 18.9 Å². The normalized spacial score (nSPS) is 11.5. The highest BCUT2D eigenvalue weighted by Gasteiger charge is 2.30. The number of hydrogen-bond donors (Lipinski definition) is 1. The summed E-state index contributed by atoms with van der Waals surface area (Å²) in [5.74, 6) is -1.69. The zero-order chi connectivity index (χ0) is 24.9. The summed E-state index contributed by atoms with van der Waals surface area (Å²) in [4.78, 5) is 24.2. The van der Waals surface area contributed by atoms with Crippen LogP contribution in [-0.4, -0.2) is 34.6 Å². The first-order valence-corrected chi connectivity index (χ1v) is 10.2. The SMILES string of the molecule is Cc1ccc(-n2nc(C)c(NC(=O)COC(=O)/C=C/c3ccc(OC(F)(F)F)cc3)c2C)cc1. The Bertz CT molecular complexity index is 1200. The Kier molecular flexibility index (Phi) is 7.40. The van der Waals surface area contributed by atoms with Crippen LogP contribution in [0.2, 0.25) is 0 Å². The molecule has 1 N–H and O–H groups in total. The number of rotatable bonds is 7. The number of amides is 1. The van der Waals surface area contributed by atoms with Crippen molar-refractivity contribution in [2.45, 2.75) is 27.1 Å². The van der Waals surface area contributed by atoms with E-state index in [0.29, 0.717) is 16.9 Å². The number of esters is 1. The van der Waals surface area contributed by atoms with Gasteiger partial charge in [0, 0.05) is 6.08 Å². The molecule has 1 aromatic heterocycles. The molecule has 1 amide bonds. The standard InChI is InChI=1S/C24H22F3N3O4/c1-15-4-9-19(10-5-15)30-17(3)23(16(2)29-30)28-21(31)14-33-22(32)13-8-18-6-11-20(12-7-18)34-24(25,26)27/h4-13H,14H2,1-3H3,(H,28,31)/b13-8+. The summed E-state index contributed by atoms with van der Waals surface area (Å²) in [7, 11) is 0. The second-order valence-corrected chi connectivity index (χ2v) is 7.40. The van der Waals surface area contributed by atoms with E-state index in [1.54, 1.807) is 11.6 Å². The number of ether oxygens (including phenoxy) is 2. The van der Waals surface area contributed by atoms with Gasteiger partial charge in [-0.2, -0.15) is 5.10 Å². The van der Waals surface area contributed by atoms with Crippen molar-refractivity contribution in [2.75, 3.05) is 11.9 Å². The van der Waals surface area contributed by atoms with Gasteiger partial charge in [0.1, 0.15) is 5.75 Å². The molecule has 0 unspecified atom stereocenters. The molecule has 0 radical (unpaired) electrons. The van der Waals surface area contributed by atoms with E-state index in [1.165, 1.54) is 18.2 Å². The maximum atomic E-state index is 12.3. The summed E-state index contributed by atoms with van der Waals surface area (Å²) in [5, 5.41) is 7.16. The zero-order valence-corrected chi connectivity index (χ0v) is 18.6. The lowest BCUT2D eigenvalue weighted by Gasteiger charge is -2.08. The fraction of sp³-hybridized carbons (Fsp3) is 0.208. The number of hydrogen-bond acceptors (Lipinski definition) is 5. The van der Waals surface area contributed by atoms with Crippen molar-refractivity contribution in [2.24, 2.45) is 0 Å². The summed E-state index contributed by atoms with van der Waals surface area (Å²) < 4.78 is 47.0. The van der Waals surface area contributed by atoms with Crippen LogP contribution in [0.15, 0.2) is 54.6 Å². The molecule has 178 valence electrons. The monoisotopic (exact) mass is 473 g/mol. The molecule has 10 heteroatoms. The quantitative estimate of drug-likeness (QED) is 0.390. The summed E-state index contributed by atoms with van der Waals surface area (Å²) in [6, 6.07) is 12.7. The molecule has 0 fully saturated rings. The second-order valence-electron chi connectivity index (χ2n) is 7.40. The van der Waals surface area contributed by atoms with Gasteiger partial charge in [0.05, 0.1) is 22.8 Å². The van der Waals surface area contributed by atoms with Gasteiger partial charge in [-0.25, -0.2) is 9.48 Å². The molecule has 0 spiro atoms. The van der Waals surface area contributed by atoms with Crippen molar-refractivity contribution in [1.82, 2.24) is 9.78 Å². The Morgan fingerprint density at radius 1 is 1.03 bits per heavy atom. The third kappa shape index (κ3) is 6.71. The Labute approximate surface area is 193 Å². The van der Waals surface area contributed by atoms with E-state index in [0.717, 1.165) is 35.2 Å². The predicted octanol–water partition coefficient (Wildman–Crippen LogP) is 4.89. The molecule has 0 aliphatic rings. The van der Waals surface area contributed by atoms with Crippen LogP contribution in [0.25, 0.3) is 11.8 Å². The van der Waals surface area contributed by atoms with E-state index in [2.05, 4.69) is 15.2 Å². The number of benzene rings is 2. The van der Waals surface area contributed by atoms with Crippen molar-refractivity contribution in [1.29, 1.82) is 0 Å². The maximum absolute atomic E-state index is 12.3. The first kappa shape index (κ1) is 24.6. The van der Waals surface area contributed by atoms with Crippen LogP contribution in [-0.2, 0) is 14.3 Å². The van der Waals surface area contributed by atoms with Crippen molar-refractivity contribution in [3.05, 3.63) is 77.1 Å². The minimum Gasteiger partial charge on any atom is -0.452 e. The lowest BCUT2D eigenvalue weighted by molar-refractivity contribution is -0.274. The zero-order valence-electron chi connectivity index (χ0n) is 18.6. The highest BCUT2D eigenvalue weighted by molar-refractivity contribution is 5.95. The van der Waals surface area contributed by atoms with Crippen LogP contribution >= 0.6 is 0 Å². The van der Waals surface area contributed by atoms with Crippen LogP contribution in [0.3, 0.4) is 0 Å². The van der Waals surface area contributed by atoms with Crippen LogP contribution in [0, 0.1) is 20.8 Å². The Morgan fingerprint density at radius 3 is 2.29 bits per heavy atom. The third-order valence-corrected chi connectivity index (χ3v) is 4.71. The molecular formula is C24H22F3N3O4. The molecule has 0 atom stereocenters. The van der Waals surface area contributed by atoms with E-state index < -0.39 is 24.8 Å². The molecule has 0 saturated carbocycles. The molecule has 0 aliphatic heterocycles. The fourth-order valence-electron chi connectivity index (χ4n) is 3.07. The van der Waals surface area contributed by atoms with Gasteiger partial charge < -0.3 is 14.8 Å². The highest BCUT2D eigenvalue weighted by atomic mass is 19.4. The number of nitrogens with zero attached hydrogens (tertiary/aromatic N) is 2. The number of nitrogens with one attached hydrogen (secondary N) is 1. The van der Waals surface area contributed by atoms with Gasteiger partial charge in [0.15, 0.2) is 6.61 Å². The molecule has 0 aliphatic carbocycles. The van der Waals surface area contributed by atoms with Gasteiger partial charge >= 0.3 is 12.3 Å². The third-order valence-electron chi connectivity index (χ3n) is 4.71. The molecular weight excluding hydrogens is 451 g/mol. The summed E-state index contributed by atoms with van der Waals surface area (Å²) in [6.45, 7) is 5.04. The van der Waals surface area contributed by atoms with Crippen LogP contribution < -0.4 is 10.1 Å². The Hall–Kier alpha value is -4.08. The molecule has 0 saturated heterocycles. The maximum Gasteiger partial charge on any atom is 0.573 e. The largest absolute Gasteiger partial charge is 0.573 e. The average molecular weight is 473 g/mol. The van der Waals surface area contributed by atoms with Crippen molar-refractivity contribution in [3.8, 4) is 11.4 Å². The number of carbonyl (C=O) groups excluding carboxylic acids is 2. The fourth-order valence-corrected chi connectivity index (χ4v) is 3.07. The molecule has 1 heterocycles. The van der Waals surface area contributed by atoms with Gasteiger partial charge in [-0.15, -0.1) is 13.2 Å². The van der Waals surface area contributed by atoms with Gasteiger partial charge in [-0.3, -0.25) is 4.79 Å². The Morgan fingerprint density at radius 2 is 1.68 bits per heavy atom. The average Bonchev–Trinajstić information content (AvgIpc) is 3.05. The molecule has 34 heavy (non-hydrogen) atoms. The molecule has 2 aromatic carbocycles. The summed E-state index contributed by atoms with van der Waals surface area (Å²) >= 11 is 0. The second kappa shape index (κ2) is 10.2. The van der Waals surface area contributed by atoms with Crippen molar-refractivity contribution < 1.29 is 32.2 Å². The first-order valence-electron chi connectivity index (χ1n) is 10.2. The van der Waals surface area contributed by atoms with Crippen LogP contribution in [0.1, 0.15) is 22.5 Å². The van der Waals surface area contributed by atoms with E-state index in [9.17, 15) is 22.8 Å². The van der Waals surface area contributed by atoms with Crippen LogP contribution in [0.5, 0.6) is 5.75 Å². The number of alkyl halides is 3. The van der Waals surface area contributed by atoms with E-state index in [1.807, 2.05) is 38.1 Å². The lowest BCUT2D eigenvalue weighted by atomic mass is 10.2. The number of aryl methyl sites for hydroxylation is 2. The van der Waals surface area contributed by atoms with Crippen molar-refractivity contribution in [3.63, 3.8) is 0 Å². The number of halogens is 3. The Balaban J connectivity index is 1.54. The number of aromatic nitrogens is 2. The predicted molar refractivity (Wildman–Crippen MR) is 120 cm³/mol. The minimum atomic E-state index is -4.78. The van der Waals surface area contributed by atoms with Gasteiger partial charge in [0.2, 0.25) is 0 Å². The number of anilines is 1. The first-order chi connectivity index (χ1) is 16.0. The van der Waals surface area contributed by atoms with Gasteiger partial charge in [-0.1, -0.05) is 29.8 Å². The molecule has 3 aromatic rings. The van der Waals surface area contributed by atoms with Gasteiger partial charge in [-0.05, 0) is 56.7 Å². The molecule has 0 bridgehead atoms. The minimum absolute atomic E-state index is 0.375. The highest BCUT2D eigenvalue weighted by Crippen LogP contribution is 2.24. The number of carbonyl (C=O) groups is 2. The lowest BCUT2D eigenvalue weighted by Crippen LogP contribution is -2.20. The smallest absolute Gasteiger partial charge is 0.452 e. The summed E-state index contributed by atoms with van der Waals surface area (Å²) in [5.41, 5.74) is 4.27.